The van der Waals surface area contributed by atoms with E-state index in [1.54, 1.807) is 35.5 Å². The van der Waals surface area contributed by atoms with Crippen LogP contribution in [-0.2, 0) is 5.75 Å². The average Bonchev–Trinajstić information content (AvgIpc) is 2.96. The fourth-order valence-corrected chi connectivity index (χ4v) is 3.59. The molecule has 3 aromatic rings. The Labute approximate surface area is 118 Å². The second-order valence-electron chi connectivity index (χ2n) is 4.17. The Bertz CT molecular complexity index is 717. The molecular formula is C12H13N5S2. The van der Waals surface area contributed by atoms with Gasteiger partial charge in [-0.15, -0.1) is 11.3 Å². The van der Waals surface area contributed by atoms with E-state index in [4.69, 9.17) is 5.73 Å². The van der Waals surface area contributed by atoms with Crippen molar-refractivity contribution >= 4 is 39.1 Å². The number of rotatable bonds is 3. The summed E-state index contributed by atoms with van der Waals surface area (Å²) in [6.45, 7) is 4.14. The number of imidazole rings is 1. The van der Waals surface area contributed by atoms with Crippen LogP contribution in [0, 0.1) is 13.8 Å². The van der Waals surface area contributed by atoms with Crippen LogP contribution in [0.1, 0.15) is 16.3 Å². The van der Waals surface area contributed by atoms with Crippen LogP contribution in [0.5, 0.6) is 0 Å². The lowest BCUT2D eigenvalue weighted by atomic mass is 10.2. The van der Waals surface area contributed by atoms with Gasteiger partial charge in [0.25, 0.3) is 0 Å². The SMILES string of the molecule is Cc1sc2nc(CSc3ncc[nH]3)nc(N)c2c1C. The molecule has 3 aromatic heterocycles. The monoisotopic (exact) mass is 291 g/mol. The number of nitrogen functional groups attached to an aromatic ring is 1. The van der Waals surface area contributed by atoms with Crippen molar-refractivity contribution in [1.82, 2.24) is 19.9 Å². The summed E-state index contributed by atoms with van der Waals surface area (Å²) in [6, 6.07) is 0. The summed E-state index contributed by atoms with van der Waals surface area (Å²) in [5, 5.41) is 1.86. The minimum absolute atomic E-state index is 0.571. The van der Waals surface area contributed by atoms with Crippen molar-refractivity contribution in [2.75, 3.05) is 5.73 Å². The smallest absolute Gasteiger partial charge is 0.165 e. The zero-order chi connectivity index (χ0) is 13.4. The maximum absolute atomic E-state index is 6.04. The normalized spacial score (nSPS) is 11.3. The molecule has 7 heteroatoms. The van der Waals surface area contributed by atoms with Crippen LogP contribution in [0.2, 0.25) is 0 Å². The summed E-state index contributed by atoms with van der Waals surface area (Å²) >= 11 is 3.23. The van der Waals surface area contributed by atoms with Crippen LogP contribution in [0.3, 0.4) is 0 Å². The molecule has 5 nitrogen and oxygen atoms in total. The molecule has 3 heterocycles. The number of aryl methyl sites for hydroxylation is 2. The Kier molecular flexibility index (Phi) is 3.16. The summed E-state index contributed by atoms with van der Waals surface area (Å²) in [5.41, 5.74) is 7.23. The van der Waals surface area contributed by atoms with E-state index >= 15 is 0 Å². The summed E-state index contributed by atoms with van der Waals surface area (Å²) in [7, 11) is 0. The number of thioether (sulfide) groups is 1. The van der Waals surface area contributed by atoms with Crippen molar-refractivity contribution in [3.63, 3.8) is 0 Å². The molecule has 0 bridgehead atoms. The topological polar surface area (TPSA) is 80.5 Å². The van der Waals surface area contributed by atoms with Crippen molar-refractivity contribution < 1.29 is 0 Å². The molecule has 0 atom stereocenters. The Morgan fingerprint density at radius 2 is 2.21 bits per heavy atom. The van der Waals surface area contributed by atoms with Crippen LogP contribution in [0.4, 0.5) is 5.82 Å². The molecule has 0 amide bonds. The van der Waals surface area contributed by atoms with Gasteiger partial charge in [0.2, 0.25) is 0 Å². The summed E-state index contributed by atoms with van der Waals surface area (Å²) in [5.74, 6) is 1.97. The van der Waals surface area contributed by atoms with Gasteiger partial charge in [0.15, 0.2) is 5.16 Å². The number of hydrogen-bond donors (Lipinski definition) is 2. The number of aromatic amines is 1. The lowest BCUT2D eigenvalue weighted by molar-refractivity contribution is 1.04. The Morgan fingerprint density at radius 1 is 1.37 bits per heavy atom. The molecular weight excluding hydrogens is 278 g/mol. The van der Waals surface area contributed by atoms with E-state index in [1.807, 2.05) is 0 Å². The van der Waals surface area contributed by atoms with Crippen LogP contribution in [0.25, 0.3) is 10.2 Å². The third-order valence-corrected chi connectivity index (χ3v) is 4.91. The van der Waals surface area contributed by atoms with Crippen molar-refractivity contribution in [2.24, 2.45) is 0 Å². The highest BCUT2D eigenvalue weighted by Gasteiger charge is 2.12. The van der Waals surface area contributed by atoms with Crippen LogP contribution in [0.15, 0.2) is 17.6 Å². The van der Waals surface area contributed by atoms with E-state index in [2.05, 4.69) is 33.8 Å². The van der Waals surface area contributed by atoms with Crippen LogP contribution in [-0.4, -0.2) is 19.9 Å². The molecule has 0 unspecified atom stereocenters. The predicted molar refractivity (Wildman–Crippen MR) is 79.5 cm³/mol. The first-order valence-corrected chi connectivity index (χ1v) is 7.59. The largest absolute Gasteiger partial charge is 0.383 e. The molecule has 19 heavy (non-hydrogen) atoms. The zero-order valence-electron chi connectivity index (χ0n) is 10.6. The summed E-state index contributed by atoms with van der Waals surface area (Å²) < 4.78 is 0. The maximum atomic E-state index is 6.04. The third-order valence-electron chi connectivity index (χ3n) is 2.91. The van der Waals surface area contributed by atoms with Crippen molar-refractivity contribution in [3.05, 3.63) is 28.7 Å². The van der Waals surface area contributed by atoms with Crippen LogP contribution < -0.4 is 5.73 Å². The number of nitrogens with one attached hydrogen (secondary N) is 1. The minimum atomic E-state index is 0.571. The van der Waals surface area contributed by atoms with E-state index in [-0.39, 0.29) is 0 Å². The first-order valence-electron chi connectivity index (χ1n) is 5.79. The number of hydrogen-bond acceptors (Lipinski definition) is 6. The summed E-state index contributed by atoms with van der Waals surface area (Å²) in [6.07, 6.45) is 3.53. The number of aromatic nitrogens is 4. The standard InChI is InChI=1S/C12H13N5S2/c1-6-7(2)19-11-9(6)10(13)16-8(17-11)5-18-12-14-3-4-15-12/h3-4H,5H2,1-2H3,(H,14,15)(H2,13,16,17). The quantitative estimate of drug-likeness (QED) is 0.725. The van der Waals surface area contributed by atoms with Gasteiger partial charge in [-0.25, -0.2) is 15.0 Å². The highest BCUT2D eigenvalue weighted by molar-refractivity contribution is 7.98. The summed E-state index contributed by atoms with van der Waals surface area (Å²) in [4.78, 5) is 18.4. The van der Waals surface area contributed by atoms with Gasteiger partial charge in [-0.05, 0) is 19.4 Å². The van der Waals surface area contributed by atoms with E-state index in [1.165, 1.54) is 10.4 Å². The van der Waals surface area contributed by atoms with E-state index in [0.29, 0.717) is 11.6 Å². The number of nitrogens with two attached hydrogens (primary N) is 1. The van der Waals surface area contributed by atoms with E-state index < -0.39 is 0 Å². The maximum Gasteiger partial charge on any atom is 0.165 e. The number of nitrogens with zero attached hydrogens (tertiary/aromatic N) is 3. The second kappa shape index (κ2) is 4.82. The van der Waals surface area contributed by atoms with Gasteiger partial charge >= 0.3 is 0 Å². The minimum Gasteiger partial charge on any atom is -0.383 e. The first-order chi connectivity index (χ1) is 9.15. The number of H-pyrrole nitrogens is 1. The molecule has 0 aliphatic rings. The van der Waals surface area contributed by atoms with Gasteiger partial charge in [-0.1, -0.05) is 11.8 Å². The number of fused-ring (bicyclic) bond motifs is 1. The third kappa shape index (κ3) is 2.31. The zero-order valence-corrected chi connectivity index (χ0v) is 12.2. The molecule has 0 saturated heterocycles. The van der Waals surface area contributed by atoms with Crippen molar-refractivity contribution in [1.29, 1.82) is 0 Å². The fraction of sp³-hybridized carbons (Fsp3) is 0.250. The van der Waals surface area contributed by atoms with Gasteiger partial charge in [-0.2, -0.15) is 0 Å². The number of thiophene rings is 1. The lowest BCUT2D eigenvalue weighted by Gasteiger charge is -2.02. The highest BCUT2D eigenvalue weighted by atomic mass is 32.2. The first kappa shape index (κ1) is 12.4. The fourth-order valence-electron chi connectivity index (χ4n) is 1.85. The van der Waals surface area contributed by atoms with E-state index in [9.17, 15) is 0 Å². The molecule has 3 rings (SSSR count). The molecule has 0 fully saturated rings. The Morgan fingerprint density at radius 3 is 2.95 bits per heavy atom. The van der Waals surface area contributed by atoms with Gasteiger partial charge in [0.1, 0.15) is 16.5 Å². The molecule has 98 valence electrons. The van der Waals surface area contributed by atoms with Crippen molar-refractivity contribution in [2.45, 2.75) is 24.8 Å². The van der Waals surface area contributed by atoms with Gasteiger partial charge in [-0.3, -0.25) is 0 Å². The Balaban J connectivity index is 1.92. The molecule has 0 saturated carbocycles. The molecule has 0 aliphatic heterocycles. The molecule has 0 spiro atoms. The number of anilines is 1. The van der Waals surface area contributed by atoms with Crippen LogP contribution >= 0.6 is 23.1 Å². The molecule has 0 aliphatic carbocycles. The molecule has 3 N–H and O–H groups in total. The lowest BCUT2D eigenvalue weighted by Crippen LogP contribution is -1.99. The Hall–Kier alpha value is -1.60. The van der Waals surface area contributed by atoms with Gasteiger partial charge < -0.3 is 10.7 Å². The molecule has 0 radical (unpaired) electrons. The highest BCUT2D eigenvalue weighted by Crippen LogP contribution is 2.32. The molecule has 0 aromatic carbocycles. The average molecular weight is 291 g/mol. The predicted octanol–water partition coefficient (Wildman–Crippen LogP) is 2.91. The second-order valence-corrected chi connectivity index (χ2v) is 6.34. The van der Waals surface area contributed by atoms with Crippen molar-refractivity contribution in [3.8, 4) is 0 Å². The van der Waals surface area contributed by atoms with E-state index in [0.717, 1.165) is 21.2 Å². The van der Waals surface area contributed by atoms with Gasteiger partial charge in [0, 0.05) is 17.3 Å². The van der Waals surface area contributed by atoms with Gasteiger partial charge in [0.05, 0.1) is 11.1 Å².